The molecule has 2 aromatic heterocycles. The molecule has 0 radical (unpaired) electrons. The van der Waals surface area contributed by atoms with Crippen LogP contribution in [0.15, 0.2) is 47.8 Å². The molecule has 0 bridgehead atoms. The molecule has 1 aromatic carbocycles. The molecule has 130 valence electrons. The van der Waals surface area contributed by atoms with Gasteiger partial charge in [0.05, 0.1) is 0 Å². The fourth-order valence-corrected chi connectivity index (χ4v) is 4.17. The first-order valence-electron chi connectivity index (χ1n) is 8.80. The Morgan fingerprint density at radius 3 is 2.80 bits per heavy atom. The molecule has 1 aliphatic heterocycles. The fourth-order valence-electron chi connectivity index (χ4n) is 3.48. The second kappa shape index (κ2) is 7.42. The Labute approximate surface area is 151 Å². The minimum absolute atomic E-state index is 0.0969. The first-order valence-corrected chi connectivity index (χ1v) is 9.68. The van der Waals surface area contributed by atoms with Crippen molar-refractivity contribution in [2.45, 2.75) is 25.3 Å². The fraction of sp³-hybridized carbons (Fsp3) is 0.350. The van der Waals surface area contributed by atoms with Crippen LogP contribution in [0, 0.1) is 0 Å². The Kier molecular flexibility index (Phi) is 4.85. The Bertz CT molecular complexity index is 801. The van der Waals surface area contributed by atoms with E-state index in [4.69, 9.17) is 4.74 Å². The summed E-state index contributed by atoms with van der Waals surface area (Å²) in [5.41, 5.74) is 1.69. The van der Waals surface area contributed by atoms with E-state index in [0.717, 1.165) is 49.9 Å². The van der Waals surface area contributed by atoms with Gasteiger partial charge in [-0.05, 0) is 42.8 Å². The highest BCUT2D eigenvalue weighted by atomic mass is 32.1. The summed E-state index contributed by atoms with van der Waals surface area (Å²) in [6.45, 7) is 2.22. The monoisotopic (exact) mass is 354 g/mol. The molecule has 0 spiro atoms. The number of thiophene rings is 1. The van der Waals surface area contributed by atoms with E-state index in [1.165, 1.54) is 4.88 Å². The van der Waals surface area contributed by atoms with Crippen LogP contribution in [0.2, 0.25) is 0 Å². The van der Waals surface area contributed by atoms with Gasteiger partial charge >= 0.3 is 0 Å². The van der Waals surface area contributed by atoms with Gasteiger partial charge in [0, 0.05) is 41.6 Å². The molecule has 3 heterocycles. The maximum atomic E-state index is 13.2. The average molecular weight is 354 g/mol. The molecule has 0 saturated carbocycles. The summed E-state index contributed by atoms with van der Waals surface area (Å²) >= 11 is 1.75. The maximum Gasteiger partial charge on any atom is 0.270 e. The van der Waals surface area contributed by atoms with Crippen LogP contribution in [0.1, 0.15) is 28.2 Å². The lowest BCUT2D eigenvalue weighted by molar-refractivity contribution is 0.0291. The SMILES string of the molecule is O=C(c1cc2ccccc2[nH]1)N(CCc1cccs1)C1CCOCC1. The maximum absolute atomic E-state index is 13.2. The van der Waals surface area contributed by atoms with Crippen molar-refractivity contribution in [1.29, 1.82) is 0 Å². The second-order valence-corrected chi connectivity index (χ2v) is 7.47. The minimum Gasteiger partial charge on any atom is -0.381 e. The van der Waals surface area contributed by atoms with E-state index in [1.54, 1.807) is 11.3 Å². The molecule has 25 heavy (non-hydrogen) atoms. The molecule has 4 rings (SSSR count). The normalized spacial score (nSPS) is 15.5. The van der Waals surface area contributed by atoms with Crippen molar-refractivity contribution < 1.29 is 9.53 Å². The predicted molar refractivity (Wildman–Crippen MR) is 101 cm³/mol. The van der Waals surface area contributed by atoms with Crippen LogP contribution in [0.25, 0.3) is 10.9 Å². The van der Waals surface area contributed by atoms with Crippen molar-refractivity contribution in [2.24, 2.45) is 0 Å². The molecule has 0 unspecified atom stereocenters. The van der Waals surface area contributed by atoms with Crippen LogP contribution in [-0.4, -0.2) is 41.6 Å². The third-order valence-corrected chi connectivity index (χ3v) is 5.77. The van der Waals surface area contributed by atoms with E-state index >= 15 is 0 Å². The number of hydrogen-bond acceptors (Lipinski definition) is 3. The van der Waals surface area contributed by atoms with Gasteiger partial charge in [0.15, 0.2) is 0 Å². The van der Waals surface area contributed by atoms with Crippen molar-refractivity contribution in [3.05, 3.63) is 58.4 Å². The zero-order valence-electron chi connectivity index (χ0n) is 14.1. The third kappa shape index (κ3) is 3.62. The Morgan fingerprint density at radius 2 is 2.04 bits per heavy atom. The lowest BCUT2D eigenvalue weighted by Gasteiger charge is -2.34. The number of hydrogen-bond donors (Lipinski definition) is 1. The zero-order chi connectivity index (χ0) is 17.1. The molecule has 5 heteroatoms. The summed E-state index contributed by atoms with van der Waals surface area (Å²) in [5.74, 6) is 0.0969. The number of nitrogens with one attached hydrogen (secondary N) is 1. The van der Waals surface area contributed by atoms with Crippen LogP contribution in [0.5, 0.6) is 0 Å². The molecule has 0 aliphatic carbocycles. The largest absolute Gasteiger partial charge is 0.381 e. The molecule has 1 saturated heterocycles. The van der Waals surface area contributed by atoms with Crippen LogP contribution < -0.4 is 0 Å². The number of carbonyl (C=O) groups is 1. The second-order valence-electron chi connectivity index (χ2n) is 6.44. The number of para-hydroxylation sites is 1. The summed E-state index contributed by atoms with van der Waals surface area (Å²) in [5, 5.41) is 3.17. The lowest BCUT2D eigenvalue weighted by Crippen LogP contribution is -2.44. The summed E-state index contributed by atoms with van der Waals surface area (Å²) in [7, 11) is 0. The van der Waals surface area contributed by atoms with Gasteiger partial charge in [0.1, 0.15) is 5.69 Å². The number of rotatable bonds is 5. The number of ether oxygens (including phenoxy) is 1. The summed E-state index contributed by atoms with van der Waals surface area (Å²) in [6.07, 6.45) is 2.73. The topological polar surface area (TPSA) is 45.3 Å². The number of H-pyrrole nitrogens is 1. The number of amides is 1. The van der Waals surface area contributed by atoms with E-state index in [-0.39, 0.29) is 11.9 Å². The third-order valence-electron chi connectivity index (χ3n) is 4.83. The lowest BCUT2D eigenvalue weighted by atomic mass is 10.1. The number of aromatic nitrogens is 1. The minimum atomic E-state index is 0.0969. The smallest absolute Gasteiger partial charge is 0.270 e. The van der Waals surface area contributed by atoms with Gasteiger partial charge in [-0.1, -0.05) is 24.3 Å². The molecule has 1 aliphatic rings. The van der Waals surface area contributed by atoms with Crippen LogP contribution in [-0.2, 0) is 11.2 Å². The average Bonchev–Trinajstić information content (AvgIpc) is 3.32. The first-order chi connectivity index (χ1) is 12.3. The Morgan fingerprint density at radius 1 is 1.20 bits per heavy atom. The first kappa shape index (κ1) is 16.4. The Hall–Kier alpha value is -2.11. The highest BCUT2D eigenvalue weighted by Crippen LogP contribution is 2.21. The number of benzene rings is 1. The van der Waals surface area contributed by atoms with E-state index in [0.29, 0.717) is 5.69 Å². The molecular formula is C20H22N2O2S. The summed E-state index contributed by atoms with van der Waals surface area (Å²) in [6, 6.07) is 14.5. The molecular weight excluding hydrogens is 332 g/mol. The molecule has 1 fully saturated rings. The van der Waals surface area contributed by atoms with Crippen LogP contribution in [0.4, 0.5) is 0 Å². The standard InChI is InChI=1S/C20H22N2O2S/c23-20(19-14-15-4-1-2-6-18(15)21-19)22(16-8-11-24-12-9-16)10-7-17-5-3-13-25-17/h1-6,13-14,16,21H,7-12H2. The molecule has 1 amide bonds. The van der Waals surface area contributed by atoms with Crippen molar-refractivity contribution >= 4 is 28.1 Å². The van der Waals surface area contributed by atoms with Gasteiger partial charge in [-0.2, -0.15) is 0 Å². The van der Waals surface area contributed by atoms with Crippen molar-refractivity contribution in [2.75, 3.05) is 19.8 Å². The van der Waals surface area contributed by atoms with Crippen molar-refractivity contribution in [3.8, 4) is 0 Å². The summed E-state index contributed by atoms with van der Waals surface area (Å²) in [4.78, 5) is 19.9. The van der Waals surface area contributed by atoms with Crippen molar-refractivity contribution in [3.63, 3.8) is 0 Å². The van der Waals surface area contributed by atoms with Gasteiger partial charge in [-0.15, -0.1) is 11.3 Å². The highest BCUT2D eigenvalue weighted by molar-refractivity contribution is 7.09. The van der Waals surface area contributed by atoms with Gasteiger partial charge in [0.2, 0.25) is 0 Å². The predicted octanol–water partition coefficient (Wildman–Crippen LogP) is 4.09. The quantitative estimate of drug-likeness (QED) is 0.750. The van der Waals surface area contributed by atoms with Gasteiger partial charge in [0.25, 0.3) is 5.91 Å². The van der Waals surface area contributed by atoms with E-state index < -0.39 is 0 Å². The highest BCUT2D eigenvalue weighted by Gasteiger charge is 2.27. The summed E-state index contributed by atoms with van der Waals surface area (Å²) < 4.78 is 5.49. The van der Waals surface area contributed by atoms with Crippen molar-refractivity contribution in [1.82, 2.24) is 9.88 Å². The van der Waals surface area contributed by atoms with Gasteiger partial charge in [-0.25, -0.2) is 0 Å². The Balaban J connectivity index is 1.57. The molecule has 4 nitrogen and oxygen atoms in total. The van der Waals surface area contributed by atoms with Gasteiger partial charge in [-0.3, -0.25) is 4.79 Å². The number of aromatic amines is 1. The number of carbonyl (C=O) groups excluding carboxylic acids is 1. The van der Waals surface area contributed by atoms with Crippen LogP contribution >= 0.6 is 11.3 Å². The molecule has 0 atom stereocenters. The van der Waals surface area contributed by atoms with E-state index in [9.17, 15) is 4.79 Å². The zero-order valence-corrected chi connectivity index (χ0v) is 14.9. The van der Waals surface area contributed by atoms with Gasteiger partial charge < -0.3 is 14.6 Å². The molecule has 3 aromatic rings. The number of nitrogens with zero attached hydrogens (tertiary/aromatic N) is 1. The van der Waals surface area contributed by atoms with E-state index in [2.05, 4.69) is 22.5 Å². The molecule has 1 N–H and O–H groups in total. The van der Waals surface area contributed by atoms with E-state index in [1.807, 2.05) is 35.2 Å². The van der Waals surface area contributed by atoms with Crippen LogP contribution in [0.3, 0.4) is 0 Å². The number of fused-ring (bicyclic) bond motifs is 1.